The molecule has 0 saturated carbocycles. The van der Waals surface area contributed by atoms with E-state index in [-0.39, 0.29) is 0 Å². The largest absolute Gasteiger partial charge is 0.485 e. The van der Waals surface area contributed by atoms with Gasteiger partial charge < -0.3 is 19.6 Å². The van der Waals surface area contributed by atoms with Gasteiger partial charge in [0.2, 0.25) is 0 Å². The number of rotatable bonds is 9. The van der Waals surface area contributed by atoms with E-state index in [0.717, 1.165) is 23.8 Å². The molecule has 0 atom stereocenters. The highest BCUT2D eigenvalue weighted by Gasteiger charge is 2.14. The number of aliphatic imine (C=N–C) groups is 1. The summed E-state index contributed by atoms with van der Waals surface area (Å²) in [5.74, 6) is 2.11. The molecule has 0 unspecified atom stereocenters. The Balaban J connectivity index is 1.51. The number of carbonyl (C=O) groups excluding carboxylic acids is 1. The van der Waals surface area contributed by atoms with Crippen molar-refractivity contribution in [1.82, 2.24) is 4.98 Å². The number of benzene rings is 2. The summed E-state index contributed by atoms with van der Waals surface area (Å²) in [6.07, 6.45) is 3.78. The number of amidine groups is 1. The topological polar surface area (TPSA) is 72.8 Å². The van der Waals surface area contributed by atoms with Crippen molar-refractivity contribution >= 4 is 40.6 Å². The predicted molar refractivity (Wildman–Crippen MR) is 133 cm³/mol. The van der Waals surface area contributed by atoms with Crippen LogP contribution < -0.4 is 14.8 Å². The third-order valence-electron chi connectivity index (χ3n) is 4.70. The normalized spacial score (nSPS) is 13.0. The molecule has 6 nitrogen and oxygen atoms in total. The van der Waals surface area contributed by atoms with Crippen molar-refractivity contribution in [3.63, 3.8) is 0 Å². The van der Waals surface area contributed by atoms with Crippen LogP contribution in [0.5, 0.6) is 17.2 Å². The van der Waals surface area contributed by atoms with Crippen LogP contribution in [0.2, 0.25) is 5.02 Å². The first-order valence-corrected chi connectivity index (χ1v) is 11.7. The molecule has 33 heavy (non-hydrogen) atoms. The molecular weight excluding hydrogens is 458 g/mol. The number of halogens is 1. The predicted octanol–water partition coefficient (Wildman–Crippen LogP) is 6.48. The number of ether oxygens (including phenoxy) is 2. The first-order chi connectivity index (χ1) is 16.2. The number of anilines is 1. The van der Waals surface area contributed by atoms with Crippen LogP contribution in [0.25, 0.3) is 0 Å². The van der Waals surface area contributed by atoms with Gasteiger partial charge in [-0.05, 0) is 35.1 Å². The summed E-state index contributed by atoms with van der Waals surface area (Å²) in [6, 6.07) is 18.9. The Kier molecular flexibility index (Phi) is 8.00. The molecule has 0 bridgehead atoms. The number of para-hydroxylation sites is 1. The number of nitrogens with zero attached hydrogens (tertiary/aromatic N) is 2. The number of aromatic nitrogens is 1. The fraction of sp³-hybridized carbons (Fsp3) is 0.160. The number of aldehydes is 1. The lowest BCUT2D eigenvalue weighted by Gasteiger charge is -2.17. The molecule has 3 aromatic rings. The monoisotopic (exact) mass is 479 g/mol. The van der Waals surface area contributed by atoms with Gasteiger partial charge in [0.25, 0.3) is 0 Å². The van der Waals surface area contributed by atoms with Crippen LogP contribution >= 0.6 is 23.4 Å². The average Bonchev–Trinajstić information content (AvgIpc) is 2.85. The Morgan fingerprint density at radius 1 is 1.09 bits per heavy atom. The zero-order valence-corrected chi connectivity index (χ0v) is 19.3. The van der Waals surface area contributed by atoms with E-state index >= 15 is 0 Å². The summed E-state index contributed by atoms with van der Waals surface area (Å²) >= 11 is 7.69. The van der Waals surface area contributed by atoms with Crippen LogP contribution in [0, 0.1) is 0 Å². The molecule has 168 valence electrons. The minimum absolute atomic E-state index is 0.377. The van der Waals surface area contributed by atoms with Crippen molar-refractivity contribution < 1.29 is 14.3 Å². The van der Waals surface area contributed by atoms with Gasteiger partial charge in [-0.1, -0.05) is 65.8 Å². The third-order valence-corrected chi connectivity index (χ3v) is 5.92. The molecule has 0 saturated heterocycles. The zero-order chi connectivity index (χ0) is 22.9. The van der Waals surface area contributed by atoms with Gasteiger partial charge in [0, 0.05) is 12.5 Å². The van der Waals surface area contributed by atoms with Crippen LogP contribution in [0.3, 0.4) is 0 Å². The summed E-state index contributed by atoms with van der Waals surface area (Å²) in [4.78, 5) is 19.7. The molecule has 4 rings (SSSR count). The highest BCUT2D eigenvalue weighted by molar-refractivity contribution is 8.16. The molecule has 1 aliphatic rings. The van der Waals surface area contributed by atoms with Crippen molar-refractivity contribution in [3.8, 4) is 17.2 Å². The van der Waals surface area contributed by atoms with E-state index in [1.54, 1.807) is 24.4 Å². The number of hydrogen-bond donors (Lipinski definition) is 1. The van der Waals surface area contributed by atoms with E-state index in [4.69, 9.17) is 21.1 Å². The minimum Gasteiger partial charge on any atom is -0.485 e. The second-order valence-electron chi connectivity index (χ2n) is 7.17. The molecule has 1 aliphatic heterocycles. The summed E-state index contributed by atoms with van der Waals surface area (Å²) in [5, 5.41) is 6.49. The first-order valence-electron chi connectivity index (χ1n) is 10.4. The van der Waals surface area contributed by atoms with E-state index in [1.807, 2.05) is 47.9 Å². The van der Waals surface area contributed by atoms with Crippen molar-refractivity contribution in [3.05, 3.63) is 88.4 Å². The lowest BCUT2D eigenvalue weighted by atomic mass is 10.2. The van der Waals surface area contributed by atoms with Crippen LogP contribution in [0.15, 0.2) is 82.8 Å². The summed E-state index contributed by atoms with van der Waals surface area (Å²) in [6.45, 7) is 0.930. The minimum atomic E-state index is 0.377. The Labute approximate surface area is 201 Å². The maximum atomic E-state index is 10.6. The number of nitrogens with one attached hydrogen (secondary N) is 1. The maximum absolute atomic E-state index is 10.6. The van der Waals surface area contributed by atoms with E-state index in [2.05, 4.69) is 15.3 Å². The lowest BCUT2D eigenvalue weighted by Crippen LogP contribution is -2.13. The van der Waals surface area contributed by atoms with Gasteiger partial charge in [-0.3, -0.25) is 4.99 Å². The summed E-state index contributed by atoms with van der Waals surface area (Å²) < 4.78 is 12.0. The van der Waals surface area contributed by atoms with Crippen LogP contribution in [0.1, 0.15) is 18.4 Å². The Hall–Kier alpha value is -3.29. The fourth-order valence-electron chi connectivity index (χ4n) is 3.02. The van der Waals surface area contributed by atoms with Crippen molar-refractivity contribution in [1.29, 1.82) is 0 Å². The van der Waals surface area contributed by atoms with Crippen LogP contribution in [0.4, 0.5) is 5.82 Å². The van der Waals surface area contributed by atoms with Crippen LogP contribution in [-0.2, 0) is 11.4 Å². The molecule has 8 heteroatoms. The number of carbonyl (C=O) groups is 1. The molecular formula is C25H22ClN3O3S. The SMILES string of the molecule is O=CCCC1=CSC(Nc2ncc(Oc3ccccc3Cl)cc2OCc2ccccc2)=NC1. The Bertz CT molecular complexity index is 1170. The molecule has 0 spiro atoms. The zero-order valence-electron chi connectivity index (χ0n) is 17.7. The summed E-state index contributed by atoms with van der Waals surface area (Å²) in [5.41, 5.74) is 2.17. The number of pyridine rings is 1. The third kappa shape index (κ3) is 6.60. The lowest BCUT2D eigenvalue weighted by molar-refractivity contribution is -0.107. The van der Waals surface area contributed by atoms with Crippen molar-refractivity contribution in [2.45, 2.75) is 19.4 Å². The number of thioether (sulfide) groups is 1. The highest BCUT2D eigenvalue weighted by Crippen LogP contribution is 2.34. The average molecular weight is 480 g/mol. The van der Waals surface area contributed by atoms with Gasteiger partial charge >= 0.3 is 0 Å². The molecule has 1 aromatic heterocycles. The van der Waals surface area contributed by atoms with E-state index in [1.165, 1.54) is 11.8 Å². The van der Waals surface area contributed by atoms with Crippen LogP contribution in [-0.4, -0.2) is 23.0 Å². The molecule has 0 aliphatic carbocycles. The fourth-order valence-corrected chi connectivity index (χ4v) is 3.96. The standard InChI is InChI=1S/C25H22ClN3O3S/c26-21-10-4-5-11-22(21)32-20-13-23(31-16-18-7-2-1-3-8-18)24(27-15-20)29-25-28-14-19(17-33-25)9-6-12-30/h1-5,7-8,10-13,15,17H,6,9,14,16H2,(H,27,28,29). The van der Waals surface area contributed by atoms with E-state index in [0.29, 0.717) is 52.8 Å². The van der Waals surface area contributed by atoms with Crippen molar-refractivity contribution in [2.75, 3.05) is 11.9 Å². The van der Waals surface area contributed by atoms with Gasteiger partial charge in [-0.15, -0.1) is 0 Å². The smallest absolute Gasteiger partial charge is 0.175 e. The molecule has 1 N–H and O–H groups in total. The van der Waals surface area contributed by atoms with E-state index < -0.39 is 0 Å². The second-order valence-corrected chi connectivity index (χ2v) is 8.44. The van der Waals surface area contributed by atoms with Gasteiger partial charge in [0.1, 0.15) is 24.4 Å². The number of hydrogen-bond acceptors (Lipinski definition) is 7. The van der Waals surface area contributed by atoms with Crippen molar-refractivity contribution in [2.24, 2.45) is 4.99 Å². The van der Waals surface area contributed by atoms with Gasteiger partial charge in [-0.2, -0.15) is 0 Å². The molecule has 2 aromatic carbocycles. The highest BCUT2D eigenvalue weighted by atomic mass is 35.5. The molecule has 0 radical (unpaired) electrons. The van der Waals surface area contributed by atoms with E-state index in [9.17, 15) is 4.79 Å². The second kappa shape index (κ2) is 11.5. The summed E-state index contributed by atoms with van der Waals surface area (Å²) in [7, 11) is 0. The molecule has 0 fully saturated rings. The Morgan fingerprint density at radius 3 is 2.67 bits per heavy atom. The van der Waals surface area contributed by atoms with Gasteiger partial charge in [0.15, 0.2) is 16.7 Å². The maximum Gasteiger partial charge on any atom is 0.175 e. The quantitative estimate of drug-likeness (QED) is 0.354. The van der Waals surface area contributed by atoms with Gasteiger partial charge in [0.05, 0.1) is 17.8 Å². The first kappa shape index (κ1) is 22.9. The van der Waals surface area contributed by atoms with Gasteiger partial charge in [-0.25, -0.2) is 4.98 Å². The Morgan fingerprint density at radius 2 is 1.91 bits per heavy atom. The molecule has 0 amide bonds. The molecule has 2 heterocycles.